The van der Waals surface area contributed by atoms with Gasteiger partial charge in [0.15, 0.2) is 5.96 Å². The summed E-state index contributed by atoms with van der Waals surface area (Å²) in [6.45, 7) is 4.22. The van der Waals surface area contributed by atoms with E-state index < -0.39 is 0 Å². The molecule has 0 aliphatic carbocycles. The van der Waals surface area contributed by atoms with Crippen molar-refractivity contribution in [2.45, 2.75) is 26.7 Å². The summed E-state index contributed by atoms with van der Waals surface area (Å²) >= 11 is 0. The predicted octanol–water partition coefficient (Wildman–Crippen LogP) is 3.18. The van der Waals surface area contributed by atoms with Crippen molar-refractivity contribution in [2.24, 2.45) is 10.7 Å². The monoisotopic (exact) mass is 324 g/mol. The van der Waals surface area contributed by atoms with Crippen molar-refractivity contribution < 1.29 is 4.79 Å². The van der Waals surface area contributed by atoms with Gasteiger partial charge in [0.25, 0.3) is 0 Å². The van der Waals surface area contributed by atoms with Gasteiger partial charge in [-0.1, -0.05) is 31.2 Å². The highest BCUT2D eigenvalue weighted by Crippen LogP contribution is 2.11. The van der Waals surface area contributed by atoms with Crippen LogP contribution in [0.5, 0.6) is 0 Å². The molecule has 24 heavy (non-hydrogen) atoms. The van der Waals surface area contributed by atoms with E-state index in [0.29, 0.717) is 12.5 Å². The van der Waals surface area contributed by atoms with Gasteiger partial charge < -0.3 is 16.4 Å². The summed E-state index contributed by atoms with van der Waals surface area (Å²) in [5, 5.41) is 5.86. The molecule has 0 saturated heterocycles. The van der Waals surface area contributed by atoms with Gasteiger partial charge in [-0.3, -0.25) is 9.79 Å². The van der Waals surface area contributed by atoms with Gasteiger partial charge in [-0.15, -0.1) is 0 Å². The van der Waals surface area contributed by atoms with Crippen LogP contribution < -0.4 is 16.4 Å². The van der Waals surface area contributed by atoms with Gasteiger partial charge in [0, 0.05) is 24.8 Å². The van der Waals surface area contributed by atoms with E-state index in [4.69, 9.17) is 5.73 Å². The van der Waals surface area contributed by atoms with Crippen LogP contribution in [0.2, 0.25) is 0 Å². The first-order valence-electron chi connectivity index (χ1n) is 8.09. The average Bonchev–Trinajstić information content (AvgIpc) is 2.56. The summed E-state index contributed by atoms with van der Waals surface area (Å²) < 4.78 is 0. The van der Waals surface area contributed by atoms with Gasteiger partial charge in [-0.2, -0.15) is 0 Å². The maximum absolute atomic E-state index is 11.0. The van der Waals surface area contributed by atoms with E-state index in [0.717, 1.165) is 29.8 Å². The Hall–Kier alpha value is -2.82. The minimum Gasteiger partial charge on any atom is -0.370 e. The predicted molar refractivity (Wildman–Crippen MR) is 100 cm³/mol. The number of nitrogens with one attached hydrogen (secondary N) is 2. The molecule has 1 amide bonds. The van der Waals surface area contributed by atoms with Crippen molar-refractivity contribution in [2.75, 3.05) is 17.2 Å². The molecule has 0 aliphatic rings. The van der Waals surface area contributed by atoms with Crippen LogP contribution in [0.4, 0.5) is 11.4 Å². The van der Waals surface area contributed by atoms with Gasteiger partial charge in [0.1, 0.15) is 0 Å². The number of aliphatic imine (C=N–C) groups is 1. The summed E-state index contributed by atoms with van der Waals surface area (Å²) in [4.78, 5) is 15.3. The molecule has 126 valence electrons. The maximum Gasteiger partial charge on any atom is 0.221 e. The molecule has 4 N–H and O–H groups in total. The number of nitrogens with two attached hydrogens (primary N) is 1. The molecule has 2 aromatic rings. The molecule has 0 spiro atoms. The largest absolute Gasteiger partial charge is 0.370 e. The number of hydrogen-bond donors (Lipinski definition) is 3. The number of benzene rings is 2. The Kier molecular flexibility index (Phi) is 6.37. The third kappa shape index (κ3) is 5.76. The highest BCUT2D eigenvalue weighted by molar-refractivity contribution is 5.92. The van der Waals surface area contributed by atoms with Gasteiger partial charge >= 0.3 is 0 Å². The molecule has 0 radical (unpaired) electrons. The van der Waals surface area contributed by atoms with E-state index in [9.17, 15) is 4.79 Å². The lowest BCUT2D eigenvalue weighted by Gasteiger charge is -2.07. The van der Waals surface area contributed by atoms with Crippen LogP contribution in [0.25, 0.3) is 0 Å². The standard InChI is InChI=1S/C19H24N4O/c1-3-15-5-4-6-18(13-15)23-19(20)21-12-11-16-7-9-17(10-8-16)22-14(2)24/h4-10,13H,3,11-12H2,1-2H3,(H,22,24)(H3,20,21,23). The second-order valence-electron chi connectivity index (χ2n) is 5.57. The third-order valence-corrected chi connectivity index (χ3v) is 3.56. The molecule has 0 bridgehead atoms. The smallest absolute Gasteiger partial charge is 0.221 e. The normalized spacial score (nSPS) is 11.2. The highest BCUT2D eigenvalue weighted by Gasteiger charge is 1.98. The Bertz CT molecular complexity index is 708. The number of rotatable bonds is 6. The van der Waals surface area contributed by atoms with E-state index >= 15 is 0 Å². The fourth-order valence-corrected chi connectivity index (χ4v) is 2.32. The highest BCUT2D eigenvalue weighted by atomic mass is 16.1. The lowest BCUT2D eigenvalue weighted by atomic mass is 10.1. The number of nitrogens with zero attached hydrogens (tertiary/aromatic N) is 1. The molecule has 0 aliphatic heterocycles. The van der Waals surface area contributed by atoms with E-state index in [2.05, 4.69) is 34.7 Å². The fourth-order valence-electron chi connectivity index (χ4n) is 2.32. The maximum atomic E-state index is 11.0. The topological polar surface area (TPSA) is 79.5 Å². The van der Waals surface area contributed by atoms with Crippen molar-refractivity contribution in [3.63, 3.8) is 0 Å². The summed E-state index contributed by atoms with van der Waals surface area (Å²) in [6, 6.07) is 15.9. The van der Waals surface area contributed by atoms with Crippen LogP contribution in [0.1, 0.15) is 25.0 Å². The molecular formula is C19H24N4O. The van der Waals surface area contributed by atoms with Crippen LogP contribution in [-0.2, 0) is 17.6 Å². The summed E-state index contributed by atoms with van der Waals surface area (Å²) in [6.07, 6.45) is 1.78. The fraction of sp³-hybridized carbons (Fsp3) is 0.263. The lowest BCUT2D eigenvalue weighted by molar-refractivity contribution is -0.114. The zero-order chi connectivity index (χ0) is 17.4. The van der Waals surface area contributed by atoms with Crippen LogP contribution >= 0.6 is 0 Å². The number of carbonyl (C=O) groups excluding carboxylic acids is 1. The van der Waals surface area contributed by atoms with Gasteiger partial charge in [0.2, 0.25) is 5.91 Å². The molecule has 0 saturated carbocycles. The number of amides is 1. The third-order valence-electron chi connectivity index (χ3n) is 3.56. The SMILES string of the molecule is CCc1cccc(NC(N)=NCCc2ccc(NC(C)=O)cc2)c1. The van der Waals surface area contributed by atoms with E-state index in [1.54, 1.807) is 0 Å². The van der Waals surface area contributed by atoms with Gasteiger partial charge in [0.05, 0.1) is 0 Å². The Morgan fingerprint density at radius 3 is 2.46 bits per heavy atom. The van der Waals surface area contributed by atoms with Gasteiger partial charge in [-0.25, -0.2) is 0 Å². The number of carbonyl (C=O) groups is 1. The molecule has 0 aromatic heterocycles. The van der Waals surface area contributed by atoms with E-state index in [1.807, 2.05) is 36.4 Å². The summed E-state index contributed by atoms with van der Waals surface area (Å²) in [5.74, 6) is 0.344. The van der Waals surface area contributed by atoms with Crippen molar-refractivity contribution in [3.05, 3.63) is 59.7 Å². The number of aryl methyl sites for hydroxylation is 1. The zero-order valence-electron chi connectivity index (χ0n) is 14.2. The quantitative estimate of drug-likeness (QED) is 0.564. The molecule has 0 unspecified atom stereocenters. The molecular weight excluding hydrogens is 300 g/mol. The summed E-state index contributed by atoms with van der Waals surface area (Å²) in [5.41, 5.74) is 10.1. The second-order valence-corrected chi connectivity index (χ2v) is 5.57. The summed E-state index contributed by atoms with van der Waals surface area (Å²) in [7, 11) is 0. The Balaban J connectivity index is 1.85. The molecule has 5 heteroatoms. The van der Waals surface area contributed by atoms with Crippen molar-refractivity contribution >= 4 is 23.2 Å². The minimum atomic E-state index is -0.0710. The van der Waals surface area contributed by atoms with Crippen molar-refractivity contribution in [1.29, 1.82) is 0 Å². The average molecular weight is 324 g/mol. The molecule has 0 atom stereocenters. The van der Waals surface area contributed by atoms with Crippen LogP contribution in [0, 0.1) is 0 Å². The van der Waals surface area contributed by atoms with Crippen LogP contribution in [0.3, 0.4) is 0 Å². The van der Waals surface area contributed by atoms with E-state index in [1.165, 1.54) is 12.5 Å². The lowest BCUT2D eigenvalue weighted by Crippen LogP contribution is -2.23. The molecule has 5 nitrogen and oxygen atoms in total. The molecule has 0 heterocycles. The van der Waals surface area contributed by atoms with Crippen LogP contribution in [-0.4, -0.2) is 18.4 Å². The first-order valence-corrected chi connectivity index (χ1v) is 8.09. The minimum absolute atomic E-state index is 0.0710. The number of guanidine groups is 1. The van der Waals surface area contributed by atoms with E-state index in [-0.39, 0.29) is 5.91 Å². The molecule has 2 rings (SSSR count). The Morgan fingerprint density at radius 1 is 1.04 bits per heavy atom. The van der Waals surface area contributed by atoms with Gasteiger partial charge in [-0.05, 0) is 48.2 Å². The number of hydrogen-bond acceptors (Lipinski definition) is 2. The second kappa shape index (κ2) is 8.72. The number of anilines is 2. The zero-order valence-corrected chi connectivity index (χ0v) is 14.2. The first-order chi connectivity index (χ1) is 11.6. The molecule has 2 aromatic carbocycles. The van der Waals surface area contributed by atoms with Crippen LogP contribution in [0.15, 0.2) is 53.5 Å². The first kappa shape index (κ1) is 17.5. The Morgan fingerprint density at radius 2 is 1.79 bits per heavy atom. The van der Waals surface area contributed by atoms with Crippen molar-refractivity contribution in [1.82, 2.24) is 0 Å². The molecule has 0 fully saturated rings. The van der Waals surface area contributed by atoms with Crippen molar-refractivity contribution in [3.8, 4) is 0 Å². The Labute approximate surface area is 143 Å².